The molecule has 1 aliphatic rings. The molecule has 0 spiro atoms. The van der Waals surface area contributed by atoms with Crippen LogP contribution in [0.3, 0.4) is 0 Å². The van der Waals surface area contributed by atoms with Crippen LogP contribution in [0.4, 0.5) is 5.69 Å². The van der Waals surface area contributed by atoms with Crippen LogP contribution in [0, 0.1) is 0 Å². The third-order valence-electron chi connectivity index (χ3n) is 5.66. The van der Waals surface area contributed by atoms with Gasteiger partial charge in [-0.3, -0.25) is 14.5 Å². The molecule has 3 aromatic carbocycles. The Morgan fingerprint density at radius 3 is 2.38 bits per heavy atom. The average molecular weight is 671 g/mol. The van der Waals surface area contributed by atoms with Crippen LogP contribution in [-0.4, -0.2) is 42.7 Å². The van der Waals surface area contributed by atoms with Gasteiger partial charge in [-0.25, -0.2) is 0 Å². The Hall–Kier alpha value is -2.82. The predicted molar refractivity (Wildman–Crippen MR) is 160 cm³/mol. The van der Waals surface area contributed by atoms with E-state index in [9.17, 15) is 9.59 Å². The first kappa shape index (κ1) is 29.2. The quantitative estimate of drug-likeness (QED) is 0.143. The number of rotatable bonds is 8. The lowest BCUT2D eigenvalue weighted by Gasteiger charge is -2.19. The molecule has 0 atom stereocenters. The minimum absolute atomic E-state index is 0.131. The Balaban J connectivity index is 1.68. The zero-order valence-electron chi connectivity index (χ0n) is 20.5. The molecule has 4 rings (SSSR count). The smallest absolute Gasteiger partial charge is 0.325 e. The molecule has 1 amide bonds. The number of hydrogen-bond donors (Lipinski definition) is 0. The highest BCUT2D eigenvalue weighted by molar-refractivity contribution is 9.10. The number of carbonyl (C=O) groups excluding carboxylic acids is 2. The molecule has 1 fully saturated rings. The van der Waals surface area contributed by atoms with Crippen LogP contribution in [0.1, 0.15) is 11.1 Å². The molecule has 0 aromatic heterocycles. The number of carbonyl (C=O) groups is 2. The number of methoxy groups -OCH3 is 2. The molecule has 0 saturated carbocycles. The van der Waals surface area contributed by atoms with Gasteiger partial charge >= 0.3 is 5.97 Å². The molecular weight excluding hydrogens is 651 g/mol. The highest BCUT2D eigenvalue weighted by Crippen LogP contribution is 2.39. The lowest BCUT2D eigenvalue weighted by atomic mass is 10.1. The number of nitrogens with zero attached hydrogens (tertiary/aromatic N) is 2. The van der Waals surface area contributed by atoms with E-state index in [-0.39, 0.29) is 24.0 Å². The van der Waals surface area contributed by atoms with Crippen molar-refractivity contribution in [1.82, 2.24) is 4.90 Å². The SMILES string of the molecule is COC(=O)CN1C(=S)N(c2ccc(Cl)cc2)C(=O)/C1=C/c1cc(Br)c(OCc2ccc(Cl)c(Cl)c2)c(OC)c1. The molecule has 7 nitrogen and oxygen atoms in total. The first-order chi connectivity index (χ1) is 18.6. The van der Waals surface area contributed by atoms with Gasteiger partial charge < -0.3 is 19.1 Å². The van der Waals surface area contributed by atoms with E-state index in [0.29, 0.717) is 42.3 Å². The average Bonchev–Trinajstić information content (AvgIpc) is 3.13. The second-order valence-electron chi connectivity index (χ2n) is 8.16. The van der Waals surface area contributed by atoms with Crippen molar-refractivity contribution in [2.24, 2.45) is 0 Å². The van der Waals surface area contributed by atoms with Gasteiger partial charge in [0.15, 0.2) is 16.6 Å². The van der Waals surface area contributed by atoms with Gasteiger partial charge in [0.05, 0.1) is 34.4 Å². The van der Waals surface area contributed by atoms with Crippen molar-refractivity contribution in [2.45, 2.75) is 6.61 Å². The van der Waals surface area contributed by atoms with Crippen molar-refractivity contribution in [1.29, 1.82) is 0 Å². The van der Waals surface area contributed by atoms with E-state index in [1.165, 1.54) is 24.0 Å². The first-order valence-corrected chi connectivity index (χ1v) is 13.6. The number of ether oxygens (including phenoxy) is 3. The van der Waals surface area contributed by atoms with Gasteiger partial charge in [0.1, 0.15) is 18.8 Å². The maximum absolute atomic E-state index is 13.6. The van der Waals surface area contributed by atoms with Gasteiger partial charge in [-0.15, -0.1) is 0 Å². The highest BCUT2D eigenvalue weighted by Gasteiger charge is 2.40. The summed E-state index contributed by atoms with van der Waals surface area (Å²) in [6.45, 7) is -0.0395. The lowest BCUT2D eigenvalue weighted by Crippen LogP contribution is -2.35. The fourth-order valence-corrected chi connectivity index (χ4v) is 5.12. The summed E-state index contributed by atoms with van der Waals surface area (Å²) < 4.78 is 17.0. The predicted octanol–water partition coefficient (Wildman–Crippen LogP) is 7.14. The zero-order valence-corrected chi connectivity index (χ0v) is 25.2. The molecule has 0 bridgehead atoms. The lowest BCUT2D eigenvalue weighted by molar-refractivity contribution is -0.140. The Morgan fingerprint density at radius 2 is 1.74 bits per heavy atom. The molecule has 3 aromatic rings. The summed E-state index contributed by atoms with van der Waals surface area (Å²) in [4.78, 5) is 28.5. The van der Waals surface area contributed by atoms with Crippen LogP contribution in [0.5, 0.6) is 11.5 Å². The summed E-state index contributed by atoms with van der Waals surface area (Å²) in [7, 11) is 2.77. The van der Waals surface area contributed by atoms with Crippen molar-refractivity contribution in [2.75, 3.05) is 25.7 Å². The fraction of sp³-hybridized carbons (Fsp3) is 0.148. The number of benzene rings is 3. The number of halogens is 4. The van der Waals surface area contributed by atoms with E-state index in [2.05, 4.69) is 15.9 Å². The summed E-state index contributed by atoms with van der Waals surface area (Å²) in [5.41, 5.74) is 2.10. The molecule has 0 unspecified atom stereocenters. The Labute approximate surface area is 253 Å². The molecule has 1 aliphatic heterocycles. The first-order valence-electron chi connectivity index (χ1n) is 11.3. The highest BCUT2D eigenvalue weighted by atomic mass is 79.9. The second kappa shape index (κ2) is 12.6. The molecule has 202 valence electrons. The normalized spacial score (nSPS) is 14.3. The van der Waals surface area contributed by atoms with Crippen LogP contribution in [0.15, 0.2) is 64.8 Å². The topological polar surface area (TPSA) is 68.3 Å². The van der Waals surface area contributed by atoms with Crippen molar-refractivity contribution < 1.29 is 23.8 Å². The third-order valence-corrected chi connectivity index (χ3v) is 7.64. The minimum Gasteiger partial charge on any atom is -0.493 e. The van der Waals surface area contributed by atoms with Gasteiger partial charge in [-0.2, -0.15) is 0 Å². The maximum atomic E-state index is 13.6. The van der Waals surface area contributed by atoms with Crippen LogP contribution in [0.2, 0.25) is 15.1 Å². The monoisotopic (exact) mass is 668 g/mol. The van der Waals surface area contributed by atoms with Crippen LogP contribution in [0.25, 0.3) is 6.08 Å². The van der Waals surface area contributed by atoms with E-state index in [0.717, 1.165) is 5.56 Å². The van der Waals surface area contributed by atoms with Crippen LogP contribution >= 0.6 is 63.0 Å². The van der Waals surface area contributed by atoms with E-state index in [4.69, 9.17) is 61.2 Å². The van der Waals surface area contributed by atoms with Gasteiger partial charge in [0, 0.05) is 5.02 Å². The molecule has 1 heterocycles. The minimum atomic E-state index is -0.557. The molecule has 1 saturated heterocycles. The maximum Gasteiger partial charge on any atom is 0.325 e. The number of esters is 1. The van der Waals surface area contributed by atoms with Crippen molar-refractivity contribution in [3.63, 3.8) is 0 Å². The van der Waals surface area contributed by atoms with Crippen molar-refractivity contribution >= 4 is 91.7 Å². The van der Waals surface area contributed by atoms with Gasteiger partial charge in [0.25, 0.3) is 5.91 Å². The summed E-state index contributed by atoms with van der Waals surface area (Å²) in [6, 6.07) is 15.3. The Kier molecular flexibility index (Phi) is 9.40. The summed E-state index contributed by atoms with van der Waals surface area (Å²) in [5.74, 6) is -0.105. The van der Waals surface area contributed by atoms with E-state index >= 15 is 0 Å². The number of thiocarbonyl (C=S) groups is 1. The summed E-state index contributed by atoms with van der Waals surface area (Å²) in [5, 5.41) is 1.52. The van der Waals surface area contributed by atoms with E-state index in [1.54, 1.807) is 54.6 Å². The third kappa shape index (κ3) is 6.50. The van der Waals surface area contributed by atoms with Gasteiger partial charge in [-0.05, 0) is 93.9 Å². The van der Waals surface area contributed by atoms with Crippen molar-refractivity contribution in [3.8, 4) is 11.5 Å². The van der Waals surface area contributed by atoms with Gasteiger partial charge in [0.2, 0.25) is 0 Å². The Bertz CT molecular complexity index is 1480. The Morgan fingerprint density at radius 1 is 1.03 bits per heavy atom. The molecule has 0 radical (unpaired) electrons. The second-order valence-corrected chi connectivity index (χ2v) is 10.6. The van der Waals surface area contributed by atoms with E-state index in [1.807, 2.05) is 6.07 Å². The van der Waals surface area contributed by atoms with E-state index < -0.39 is 11.9 Å². The molecule has 0 aliphatic carbocycles. The van der Waals surface area contributed by atoms with Crippen molar-refractivity contribution in [3.05, 3.63) is 91.0 Å². The van der Waals surface area contributed by atoms with Crippen LogP contribution in [-0.2, 0) is 20.9 Å². The number of hydrogen-bond acceptors (Lipinski definition) is 6. The summed E-state index contributed by atoms with van der Waals surface area (Å²) in [6.07, 6.45) is 1.61. The molecule has 0 N–H and O–H groups in total. The zero-order chi connectivity index (χ0) is 28.3. The molecular formula is C27H20BrCl3N2O5S. The molecule has 12 heteroatoms. The summed E-state index contributed by atoms with van der Waals surface area (Å²) >= 11 is 27.2. The standard InChI is InChI=1S/C27H20BrCl3N2O5S/c1-36-23-12-16(9-19(28)25(23)38-14-15-3-8-20(30)21(31)10-15)11-22-26(35)33(18-6-4-17(29)5-7-18)27(39)32(22)13-24(34)37-2/h3-12H,13-14H2,1-2H3/b22-11-. The number of amides is 1. The fourth-order valence-electron chi connectivity index (χ4n) is 3.75. The molecule has 39 heavy (non-hydrogen) atoms. The number of anilines is 1. The largest absolute Gasteiger partial charge is 0.493 e. The van der Waals surface area contributed by atoms with Gasteiger partial charge in [-0.1, -0.05) is 40.9 Å². The van der Waals surface area contributed by atoms with Crippen LogP contribution < -0.4 is 14.4 Å².